The Bertz CT molecular complexity index is 852. The SMILES string of the molecule is CCOC(=O)NCOc1nc(N)nc2c1sc(=O)n2[C@H]1CC[C@@H](CO)O1. The van der Waals surface area contributed by atoms with Crippen LogP contribution >= 0.6 is 11.3 Å². The number of nitrogen functional groups attached to an aromatic ring is 1. The van der Waals surface area contributed by atoms with Crippen LogP contribution in [0.5, 0.6) is 5.88 Å². The number of aliphatic hydroxyl groups excluding tert-OH is 1. The summed E-state index contributed by atoms with van der Waals surface area (Å²) in [5.74, 6) is 0.00810. The van der Waals surface area contributed by atoms with E-state index in [0.717, 1.165) is 11.3 Å². The molecule has 0 unspecified atom stereocenters. The van der Waals surface area contributed by atoms with Crippen molar-refractivity contribution in [3.8, 4) is 5.88 Å². The Balaban J connectivity index is 1.86. The quantitative estimate of drug-likeness (QED) is 0.592. The van der Waals surface area contributed by atoms with E-state index in [-0.39, 0.29) is 42.7 Å². The third kappa shape index (κ3) is 3.71. The Morgan fingerprint density at radius 2 is 2.31 bits per heavy atom. The highest BCUT2D eigenvalue weighted by Gasteiger charge is 2.30. The molecule has 11 nitrogen and oxygen atoms in total. The number of alkyl carbamates (subject to hydrolysis) is 1. The molecule has 26 heavy (non-hydrogen) atoms. The van der Waals surface area contributed by atoms with Crippen LogP contribution in [0.2, 0.25) is 0 Å². The summed E-state index contributed by atoms with van der Waals surface area (Å²) in [7, 11) is 0. The predicted molar refractivity (Wildman–Crippen MR) is 92.0 cm³/mol. The van der Waals surface area contributed by atoms with Crippen LogP contribution in [-0.2, 0) is 9.47 Å². The molecule has 4 N–H and O–H groups in total. The second kappa shape index (κ2) is 7.85. The van der Waals surface area contributed by atoms with Crippen molar-refractivity contribution in [3.63, 3.8) is 0 Å². The number of hydrogen-bond acceptors (Lipinski definition) is 10. The number of nitrogens with zero attached hydrogens (tertiary/aromatic N) is 3. The molecular formula is C14H19N5O6S. The molecule has 1 aliphatic heterocycles. The molecule has 2 atom stereocenters. The lowest BCUT2D eigenvalue weighted by Gasteiger charge is -2.14. The number of nitrogens with one attached hydrogen (secondary N) is 1. The minimum Gasteiger partial charge on any atom is -0.455 e. The third-order valence-corrected chi connectivity index (χ3v) is 4.66. The average Bonchev–Trinajstić information content (AvgIpc) is 3.18. The van der Waals surface area contributed by atoms with Crippen molar-refractivity contribution in [2.24, 2.45) is 0 Å². The van der Waals surface area contributed by atoms with E-state index >= 15 is 0 Å². The minimum absolute atomic E-state index is 0.0770. The molecular weight excluding hydrogens is 366 g/mol. The number of fused-ring (bicyclic) bond motifs is 1. The molecule has 0 aromatic carbocycles. The summed E-state index contributed by atoms with van der Waals surface area (Å²) in [5.41, 5.74) is 6.02. The van der Waals surface area contributed by atoms with Gasteiger partial charge in [-0.2, -0.15) is 9.97 Å². The van der Waals surface area contributed by atoms with Crippen molar-refractivity contribution >= 4 is 33.7 Å². The van der Waals surface area contributed by atoms with E-state index in [9.17, 15) is 14.7 Å². The largest absolute Gasteiger partial charge is 0.455 e. The number of carbonyl (C=O) groups excluding carboxylic acids is 1. The molecule has 1 fully saturated rings. The van der Waals surface area contributed by atoms with E-state index in [4.69, 9.17) is 19.9 Å². The normalized spacial score (nSPS) is 19.6. The number of carbonyl (C=O) groups is 1. The fraction of sp³-hybridized carbons (Fsp3) is 0.571. The van der Waals surface area contributed by atoms with E-state index in [1.165, 1.54) is 4.57 Å². The number of anilines is 1. The fourth-order valence-electron chi connectivity index (χ4n) is 2.62. The lowest BCUT2D eigenvalue weighted by Crippen LogP contribution is -2.28. The summed E-state index contributed by atoms with van der Waals surface area (Å²) in [6.07, 6.45) is -0.274. The first-order valence-corrected chi connectivity index (χ1v) is 8.83. The zero-order valence-corrected chi connectivity index (χ0v) is 14.8. The van der Waals surface area contributed by atoms with Gasteiger partial charge >= 0.3 is 11.0 Å². The van der Waals surface area contributed by atoms with Crippen LogP contribution in [0.4, 0.5) is 10.7 Å². The smallest absolute Gasteiger partial charge is 0.409 e. The van der Waals surface area contributed by atoms with Gasteiger partial charge < -0.3 is 25.1 Å². The number of thiazole rings is 1. The summed E-state index contributed by atoms with van der Waals surface area (Å²) in [4.78, 5) is 31.5. The van der Waals surface area contributed by atoms with E-state index in [1.54, 1.807) is 6.92 Å². The van der Waals surface area contributed by atoms with Gasteiger partial charge in [-0.05, 0) is 19.8 Å². The zero-order chi connectivity index (χ0) is 18.7. The number of rotatable bonds is 6. The Hall–Kier alpha value is -2.44. The zero-order valence-electron chi connectivity index (χ0n) is 14.0. The van der Waals surface area contributed by atoms with Crippen molar-refractivity contribution in [3.05, 3.63) is 9.67 Å². The molecule has 0 spiro atoms. The van der Waals surface area contributed by atoms with Gasteiger partial charge in [0.1, 0.15) is 10.9 Å². The lowest BCUT2D eigenvalue weighted by atomic mass is 10.2. The molecule has 3 heterocycles. The van der Waals surface area contributed by atoms with Crippen LogP contribution in [0.3, 0.4) is 0 Å². The first kappa shape index (κ1) is 18.4. The lowest BCUT2D eigenvalue weighted by molar-refractivity contribution is -0.0214. The van der Waals surface area contributed by atoms with Crippen LogP contribution in [-0.4, -0.2) is 51.8 Å². The van der Waals surface area contributed by atoms with Crippen molar-refractivity contribution < 1.29 is 24.1 Å². The topological polar surface area (TPSA) is 151 Å². The van der Waals surface area contributed by atoms with E-state index < -0.39 is 12.3 Å². The standard InChI is InChI=1S/C14H19N5O6S/c1-2-23-13(21)16-6-24-11-9-10(17-12(15)18-11)19(14(22)26-9)8-4-3-7(5-20)25-8/h7-8,20H,2-6H2,1H3,(H,16,21)(H2,15,17,18)/t7-,8+/m0/s1. The number of amides is 1. The Labute approximate surface area is 151 Å². The molecule has 0 radical (unpaired) electrons. The molecule has 3 rings (SSSR count). The Kier molecular flexibility index (Phi) is 5.54. The maximum Gasteiger partial charge on any atom is 0.409 e. The van der Waals surface area contributed by atoms with Crippen molar-refractivity contribution in [1.29, 1.82) is 0 Å². The molecule has 2 aromatic heterocycles. The van der Waals surface area contributed by atoms with Crippen LogP contribution in [0, 0.1) is 0 Å². The number of hydrogen-bond donors (Lipinski definition) is 3. The maximum atomic E-state index is 12.4. The van der Waals surface area contributed by atoms with Gasteiger partial charge in [0.05, 0.1) is 19.3 Å². The number of ether oxygens (including phenoxy) is 3. The molecule has 2 aromatic rings. The van der Waals surface area contributed by atoms with Gasteiger partial charge in [-0.15, -0.1) is 0 Å². The number of nitrogens with two attached hydrogens (primary N) is 1. The van der Waals surface area contributed by atoms with Crippen molar-refractivity contribution in [2.75, 3.05) is 25.7 Å². The van der Waals surface area contributed by atoms with E-state index in [2.05, 4.69) is 15.3 Å². The molecule has 1 amide bonds. The summed E-state index contributed by atoms with van der Waals surface area (Å²) in [6.45, 7) is 1.60. The first-order valence-electron chi connectivity index (χ1n) is 8.01. The Morgan fingerprint density at radius 3 is 3.00 bits per heavy atom. The molecule has 142 valence electrons. The second-order valence-corrected chi connectivity index (χ2v) is 6.40. The average molecular weight is 385 g/mol. The highest BCUT2D eigenvalue weighted by molar-refractivity contribution is 7.16. The number of aromatic nitrogens is 3. The van der Waals surface area contributed by atoms with Crippen molar-refractivity contribution in [1.82, 2.24) is 19.9 Å². The number of aliphatic hydroxyl groups is 1. The molecule has 0 saturated carbocycles. The molecule has 1 saturated heterocycles. The van der Waals surface area contributed by atoms with Gasteiger partial charge in [-0.3, -0.25) is 14.7 Å². The molecule has 0 bridgehead atoms. The molecule has 12 heteroatoms. The van der Waals surface area contributed by atoms with Gasteiger partial charge in [0.2, 0.25) is 11.8 Å². The van der Waals surface area contributed by atoms with Gasteiger partial charge in [-0.25, -0.2) is 4.79 Å². The summed E-state index contributed by atoms with van der Waals surface area (Å²) >= 11 is 0.894. The van der Waals surface area contributed by atoms with Gasteiger partial charge in [0.15, 0.2) is 12.4 Å². The molecule has 1 aliphatic rings. The summed E-state index contributed by atoms with van der Waals surface area (Å²) in [5, 5.41) is 11.6. The van der Waals surface area contributed by atoms with E-state index in [0.29, 0.717) is 23.2 Å². The molecule has 0 aliphatic carbocycles. The van der Waals surface area contributed by atoms with Crippen LogP contribution in [0.15, 0.2) is 4.79 Å². The highest BCUT2D eigenvalue weighted by atomic mass is 32.1. The maximum absolute atomic E-state index is 12.4. The van der Waals surface area contributed by atoms with Gasteiger partial charge in [0.25, 0.3) is 0 Å². The predicted octanol–water partition coefficient (Wildman–Crippen LogP) is 0.187. The third-order valence-electron chi connectivity index (χ3n) is 3.73. The second-order valence-electron chi connectivity index (χ2n) is 5.44. The summed E-state index contributed by atoms with van der Waals surface area (Å²) in [6, 6.07) is 0. The fourth-order valence-corrected chi connectivity index (χ4v) is 3.52. The van der Waals surface area contributed by atoms with Crippen LogP contribution in [0.1, 0.15) is 26.0 Å². The Morgan fingerprint density at radius 1 is 1.50 bits per heavy atom. The van der Waals surface area contributed by atoms with Crippen LogP contribution in [0.25, 0.3) is 10.3 Å². The van der Waals surface area contributed by atoms with Gasteiger partial charge in [-0.1, -0.05) is 11.3 Å². The monoisotopic (exact) mass is 385 g/mol. The van der Waals surface area contributed by atoms with Crippen LogP contribution < -0.4 is 20.7 Å². The highest BCUT2D eigenvalue weighted by Crippen LogP contribution is 2.33. The van der Waals surface area contributed by atoms with Crippen molar-refractivity contribution in [2.45, 2.75) is 32.1 Å². The minimum atomic E-state index is -0.633. The summed E-state index contributed by atoms with van der Waals surface area (Å²) < 4.78 is 17.6. The van der Waals surface area contributed by atoms with E-state index in [1.807, 2.05) is 0 Å². The van der Waals surface area contributed by atoms with Gasteiger partial charge in [0, 0.05) is 0 Å². The first-order chi connectivity index (χ1) is 12.5.